The summed E-state index contributed by atoms with van der Waals surface area (Å²) in [6, 6.07) is 0. The van der Waals surface area contributed by atoms with Crippen LogP contribution in [0.1, 0.15) is 51.4 Å². The van der Waals surface area contributed by atoms with Crippen molar-refractivity contribution < 1.29 is 14.7 Å². The summed E-state index contributed by atoms with van der Waals surface area (Å²) < 4.78 is 0. The van der Waals surface area contributed by atoms with Crippen molar-refractivity contribution in [2.45, 2.75) is 57.0 Å². The number of amides is 2. The fourth-order valence-corrected chi connectivity index (χ4v) is 2.64. The van der Waals surface area contributed by atoms with Gasteiger partial charge in [-0.15, -0.1) is 0 Å². The lowest BCUT2D eigenvalue weighted by Crippen LogP contribution is -2.50. The molecule has 1 N–H and O–H groups in total. The molecule has 0 atom stereocenters. The third-order valence-electron chi connectivity index (χ3n) is 3.62. The first kappa shape index (κ1) is 11.6. The Bertz CT molecular complexity index is 279. The molecule has 1 saturated heterocycles. The maximum atomic E-state index is 11.6. The summed E-state index contributed by atoms with van der Waals surface area (Å²) in [6.07, 6.45) is 6.11. The lowest BCUT2D eigenvalue weighted by Gasteiger charge is -2.37. The highest BCUT2D eigenvalue weighted by Crippen LogP contribution is 2.30. The van der Waals surface area contributed by atoms with Crippen LogP contribution in [0.15, 0.2) is 0 Å². The second-order valence-electron chi connectivity index (χ2n) is 5.01. The molecule has 0 unspecified atom stereocenters. The van der Waals surface area contributed by atoms with Crippen LogP contribution in [0.4, 0.5) is 0 Å². The van der Waals surface area contributed by atoms with Crippen LogP contribution in [0, 0.1) is 0 Å². The van der Waals surface area contributed by atoms with E-state index < -0.39 is 5.60 Å². The third-order valence-corrected chi connectivity index (χ3v) is 3.62. The molecule has 2 rings (SSSR count). The largest absolute Gasteiger partial charge is 0.388 e. The summed E-state index contributed by atoms with van der Waals surface area (Å²) in [7, 11) is 0. The Balaban J connectivity index is 2.01. The van der Waals surface area contributed by atoms with Crippen LogP contribution in [0.3, 0.4) is 0 Å². The van der Waals surface area contributed by atoms with Gasteiger partial charge in [-0.25, -0.2) is 0 Å². The van der Waals surface area contributed by atoms with Crippen LogP contribution in [-0.4, -0.2) is 34.0 Å². The van der Waals surface area contributed by atoms with Crippen LogP contribution < -0.4 is 0 Å². The molecule has 90 valence electrons. The number of β-amino-alcohol motifs (C(OH)–C–C–N with tert-alkyl or cyclic N) is 1. The molecular weight excluding hydrogens is 206 g/mol. The molecule has 1 aliphatic heterocycles. The van der Waals surface area contributed by atoms with Crippen molar-refractivity contribution in [2.24, 2.45) is 0 Å². The zero-order valence-corrected chi connectivity index (χ0v) is 9.57. The van der Waals surface area contributed by atoms with Gasteiger partial charge in [-0.1, -0.05) is 19.3 Å². The van der Waals surface area contributed by atoms with Gasteiger partial charge in [0.2, 0.25) is 11.8 Å². The van der Waals surface area contributed by atoms with E-state index in [-0.39, 0.29) is 18.4 Å². The van der Waals surface area contributed by atoms with Crippen LogP contribution >= 0.6 is 0 Å². The second-order valence-corrected chi connectivity index (χ2v) is 5.01. The van der Waals surface area contributed by atoms with Crippen molar-refractivity contribution in [1.82, 2.24) is 4.90 Å². The number of piperidine rings is 1. The van der Waals surface area contributed by atoms with Crippen molar-refractivity contribution in [2.75, 3.05) is 6.54 Å². The van der Waals surface area contributed by atoms with Gasteiger partial charge in [0.25, 0.3) is 0 Å². The van der Waals surface area contributed by atoms with Crippen molar-refractivity contribution in [3.05, 3.63) is 0 Å². The van der Waals surface area contributed by atoms with E-state index in [1.54, 1.807) is 0 Å². The molecule has 0 radical (unpaired) electrons. The fraction of sp³-hybridized carbons (Fsp3) is 0.833. The highest BCUT2D eigenvalue weighted by atomic mass is 16.3. The Morgan fingerprint density at radius 3 is 2.12 bits per heavy atom. The summed E-state index contributed by atoms with van der Waals surface area (Å²) in [5, 5.41) is 10.3. The summed E-state index contributed by atoms with van der Waals surface area (Å²) >= 11 is 0. The van der Waals surface area contributed by atoms with Crippen molar-refractivity contribution in [1.29, 1.82) is 0 Å². The van der Waals surface area contributed by atoms with Gasteiger partial charge in [0.05, 0.1) is 12.1 Å². The van der Waals surface area contributed by atoms with E-state index in [0.29, 0.717) is 32.1 Å². The molecule has 4 nitrogen and oxygen atoms in total. The molecule has 1 heterocycles. The third kappa shape index (κ3) is 2.43. The van der Waals surface area contributed by atoms with Gasteiger partial charge < -0.3 is 5.11 Å². The van der Waals surface area contributed by atoms with Crippen molar-refractivity contribution >= 4 is 11.8 Å². The first-order chi connectivity index (χ1) is 7.61. The van der Waals surface area contributed by atoms with Gasteiger partial charge >= 0.3 is 0 Å². The predicted molar refractivity (Wildman–Crippen MR) is 58.6 cm³/mol. The Morgan fingerprint density at radius 1 is 1.00 bits per heavy atom. The Morgan fingerprint density at radius 2 is 1.56 bits per heavy atom. The molecule has 1 aliphatic carbocycles. The van der Waals surface area contributed by atoms with E-state index in [1.807, 2.05) is 0 Å². The molecule has 1 saturated carbocycles. The monoisotopic (exact) mass is 225 g/mol. The van der Waals surface area contributed by atoms with E-state index in [4.69, 9.17) is 0 Å². The smallest absolute Gasteiger partial charge is 0.229 e. The summed E-state index contributed by atoms with van der Waals surface area (Å²) in [6.45, 7) is 0.213. The summed E-state index contributed by atoms with van der Waals surface area (Å²) in [5.41, 5.74) is -0.819. The summed E-state index contributed by atoms with van der Waals surface area (Å²) in [5.74, 6) is -0.231. The number of imide groups is 1. The number of nitrogens with zero attached hydrogens (tertiary/aromatic N) is 1. The lowest BCUT2D eigenvalue weighted by molar-refractivity contribution is -0.153. The highest BCUT2D eigenvalue weighted by Gasteiger charge is 2.36. The Labute approximate surface area is 95.6 Å². The molecule has 2 amide bonds. The number of likely N-dealkylation sites (tertiary alicyclic amines) is 1. The zero-order valence-electron chi connectivity index (χ0n) is 9.57. The van der Waals surface area contributed by atoms with Crippen LogP contribution in [-0.2, 0) is 9.59 Å². The summed E-state index contributed by atoms with van der Waals surface area (Å²) in [4.78, 5) is 24.5. The zero-order chi connectivity index (χ0) is 11.6. The molecule has 0 aromatic carbocycles. The van der Waals surface area contributed by atoms with Gasteiger partial charge in [0.1, 0.15) is 0 Å². The van der Waals surface area contributed by atoms with Crippen LogP contribution in [0.2, 0.25) is 0 Å². The van der Waals surface area contributed by atoms with Gasteiger partial charge in [0.15, 0.2) is 0 Å². The molecule has 0 spiro atoms. The standard InChI is InChI=1S/C12H19NO3/c14-10-5-4-6-11(15)13(10)9-12(16)7-2-1-3-8-12/h16H,1-9H2. The van der Waals surface area contributed by atoms with Crippen molar-refractivity contribution in [3.8, 4) is 0 Å². The number of hydrogen-bond acceptors (Lipinski definition) is 3. The molecule has 0 bridgehead atoms. The topological polar surface area (TPSA) is 57.6 Å². The van der Waals surface area contributed by atoms with E-state index in [9.17, 15) is 14.7 Å². The van der Waals surface area contributed by atoms with Crippen LogP contribution in [0.5, 0.6) is 0 Å². The fourth-order valence-electron chi connectivity index (χ4n) is 2.64. The maximum absolute atomic E-state index is 11.6. The van der Waals surface area contributed by atoms with Crippen molar-refractivity contribution in [3.63, 3.8) is 0 Å². The lowest BCUT2D eigenvalue weighted by atomic mass is 9.84. The normalized spacial score (nSPS) is 25.9. The average molecular weight is 225 g/mol. The van der Waals surface area contributed by atoms with Gasteiger partial charge in [-0.2, -0.15) is 0 Å². The molecule has 0 aromatic rings. The van der Waals surface area contributed by atoms with Crippen LogP contribution in [0.25, 0.3) is 0 Å². The molecule has 4 heteroatoms. The minimum atomic E-state index is -0.819. The number of rotatable bonds is 2. The van der Waals surface area contributed by atoms with E-state index in [2.05, 4.69) is 0 Å². The van der Waals surface area contributed by atoms with E-state index in [1.165, 1.54) is 4.90 Å². The molecular formula is C12H19NO3. The molecule has 2 fully saturated rings. The SMILES string of the molecule is O=C1CCCC(=O)N1CC1(O)CCCCC1. The number of hydrogen-bond donors (Lipinski definition) is 1. The van der Waals surface area contributed by atoms with Gasteiger partial charge in [0, 0.05) is 12.8 Å². The molecule has 2 aliphatic rings. The Kier molecular flexibility index (Phi) is 3.28. The van der Waals surface area contributed by atoms with E-state index in [0.717, 1.165) is 19.3 Å². The highest BCUT2D eigenvalue weighted by molar-refractivity contribution is 5.97. The van der Waals surface area contributed by atoms with Gasteiger partial charge in [-0.3, -0.25) is 14.5 Å². The second kappa shape index (κ2) is 4.53. The first-order valence-corrected chi connectivity index (χ1v) is 6.16. The predicted octanol–water partition coefficient (Wildman–Crippen LogP) is 1.22. The molecule has 16 heavy (non-hydrogen) atoms. The maximum Gasteiger partial charge on any atom is 0.229 e. The minimum absolute atomic E-state index is 0.116. The Hall–Kier alpha value is -0.900. The number of aliphatic hydroxyl groups is 1. The van der Waals surface area contributed by atoms with E-state index >= 15 is 0 Å². The number of carbonyl (C=O) groups is 2. The molecule has 0 aromatic heterocycles. The number of carbonyl (C=O) groups excluding carboxylic acids is 2. The van der Waals surface area contributed by atoms with Gasteiger partial charge in [-0.05, 0) is 19.3 Å². The quantitative estimate of drug-likeness (QED) is 0.719. The minimum Gasteiger partial charge on any atom is -0.388 e. The average Bonchev–Trinajstić information content (AvgIpc) is 2.25. The first-order valence-electron chi connectivity index (χ1n) is 6.16.